The number of hydrogen-bond donors (Lipinski definition) is 3. The first-order valence-electron chi connectivity index (χ1n) is 8.97. The highest BCUT2D eigenvalue weighted by Gasteiger charge is 2.10. The number of amides is 1. The molecule has 6 nitrogen and oxygen atoms in total. The topological polar surface area (TPSA) is 82.7 Å². The van der Waals surface area contributed by atoms with Gasteiger partial charge in [-0.3, -0.25) is 4.79 Å². The first kappa shape index (κ1) is 18.5. The molecule has 8 heteroatoms. The number of nitrogens with one attached hydrogen (secondary N) is 3. The number of fused-ring (bicyclic) bond motifs is 1. The Kier molecular flexibility index (Phi) is 5.15. The van der Waals surface area contributed by atoms with Crippen LogP contribution in [0, 0.1) is 11.6 Å². The van der Waals surface area contributed by atoms with Crippen LogP contribution in [-0.4, -0.2) is 27.4 Å². The molecular weight excluding hydrogens is 376 g/mol. The molecule has 0 spiro atoms. The van der Waals surface area contributed by atoms with Gasteiger partial charge in [0.15, 0.2) is 0 Å². The van der Waals surface area contributed by atoms with Crippen LogP contribution in [0.3, 0.4) is 0 Å². The average molecular weight is 393 g/mol. The summed E-state index contributed by atoms with van der Waals surface area (Å²) in [5.74, 6) is -1.52. The number of aromatic amines is 1. The first-order valence-corrected chi connectivity index (χ1v) is 8.97. The molecule has 0 unspecified atom stereocenters. The highest BCUT2D eigenvalue weighted by Crippen LogP contribution is 2.19. The van der Waals surface area contributed by atoms with Crippen LogP contribution < -0.4 is 10.6 Å². The minimum Gasteiger partial charge on any atom is -0.361 e. The predicted molar refractivity (Wildman–Crippen MR) is 106 cm³/mol. The van der Waals surface area contributed by atoms with Gasteiger partial charge in [-0.25, -0.2) is 18.7 Å². The molecule has 29 heavy (non-hydrogen) atoms. The van der Waals surface area contributed by atoms with E-state index in [-0.39, 0.29) is 23.1 Å². The van der Waals surface area contributed by atoms with Gasteiger partial charge in [-0.1, -0.05) is 18.2 Å². The van der Waals surface area contributed by atoms with Gasteiger partial charge < -0.3 is 15.6 Å². The predicted octanol–water partition coefficient (Wildman–Crippen LogP) is 3.95. The van der Waals surface area contributed by atoms with Crippen LogP contribution in [-0.2, 0) is 6.42 Å². The highest BCUT2D eigenvalue weighted by atomic mass is 19.1. The fourth-order valence-electron chi connectivity index (χ4n) is 2.98. The van der Waals surface area contributed by atoms with Gasteiger partial charge in [-0.2, -0.15) is 0 Å². The molecule has 0 aliphatic heterocycles. The summed E-state index contributed by atoms with van der Waals surface area (Å²) in [6.45, 7) is 0.448. The Balaban J connectivity index is 1.34. The second-order valence-electron chi connectivity index (χ2n) is 6.40. The van der Waals surface area contributed by atoms with Crippen LogP contribution in [0.5, 0.6) is 0 Å². The highest BCUT2D eigenvalue weighted by molar-refractivity contribution is 5.92. The number of carbonyl (C=O) groups is 1. The van der Waals surface area contributed by atoms with E-state index in [1.807, 2.05) is 30.5 Å². The third-order valence-electron chi connectivity index (χ3n) is 4.43. The Morgan fingerprint density at radius 2 is 1.93 bits per heavy atom. The van der Waals surface area contributed by atoms with Crippen molar-refractivity contribution in [2.45, 2.75) is 6.42 Å². The van der Waals surface area contributed by atoms with Crippen LogP contribution in [0.15, 0.2) is 61.1 Å². The number of benzene rings is 2. The van der Waals surface area contributed by atoms with Crippen molar-refractivity contribution in [2.24, 2.45) is 0 Å². The number of rotatable bonds is 6. The van der Waals surface area contributed by atoms with Crippen molar-refractivity contribution in [2.75, 3.05) is 11.9 Å². The molecule has 0 saturated heterocycles. The molecule has 2 aromatic carbocycles. The van der Waals surface area contributed by atoms with Crippen molar-refractivity contribution in [3.63, 3.8) is 0 Å². The van der Waals surface area contributed by atoms with E-state index in [1.54, 1.807) is 0 Å². The normalized spacial score (nSPS) is 10.8. The number of para-hydroxylation sites is 1. The van der Waals surface area contributed by atoms with Crippen LogP contribution in [0.2, 0.25) is 0 Å². The summed E-state index contributed by atoms with van der Waals surface area (Å²) in [6, 6.07) is 11.1. The Morgan fingerprint density at radius 3 is 2.72 bits per heavy atom. The Bertz CT molecular complexity index is 1160. The zero-order chi connectivity index (χ0) is 20.2. The fraction of sp³-hybridized carbons (Fsp3) is 0.0952. The molecule has 0 atom stereocenters. The molecule has 0 bridgehead atoms. The van der Waals surface area contributed by atoms with Crippen molar-refractivity contribution in [1.29, 1.82) is 0 Å². The van der Waals surface area contributed by atoms with Crippen molar-refractivity contribution < 1.29 is 13.6 Å². The maximum Gasteiger partial charge on any atom is 0.271 e. The molecule has 0 saturated carbocycles. The van der Waals surface area contributed by atoms with Gasteiger partial charge in [0.2, 0.25) is 0 Å². The van der Waals surface area contributed by atoms with Crippen LogP contribution >= 0.6 is 0 Å². The van der Waals surface area contributed by atoms with Crippen molar-refractivity contribution in [3.8, 4) is 0 Å². The Labute approximate surface area is 165 Å². The summed E-state index contributed by atoms with van der Waals surface area (Å²) in [5.41, 5.74) is 2.39. The Morgan fingerprint density at radius 1 is 1.07 bits per heavy atom. The molecule has 4 aromatic rings. The standard InChI is InChI=1S/C21H17F2N5O/c22-14-5-6-18(16(23)9-14)28-20-12-26-19(11-27-20)21(29)24-8-7-13-10-25-17-4-2-1-3-15(13)17/h1-6,9-12,25H,7-8H2,(H,24,29)(H,27,28). The van der Waals surface area contributed by atoms with E-state index in [2.05, 4.69) is 25.6 Å². The second kappa shape index (κ2) is 8.05. The number of anilines is 2. The maximum atomic E-state index is 13.7. The van der Waals surface area contributed by atoms with Crippen LogP contribution in [0.4, 0.5) is 20.3 Å². The van der Waals surface area contributed by atoms with Gasteiger partial charge in [0.05, 0.1) is 18.1 Å². The summed E-state index contributed by atoms with van der Waals surface area (Å²) in [5, 5.41) is 6.63. The first-order chi connectivity index (χ1) is 14.1. The SMILES string of the molecule is O=C(NCCc1c[nH]c2ccccc12)c1cnc(Nc2ccc(F)cc2F)cn1. The van der Waals surface area contributed by atoms with E-state index < -0.39 is 11.6 Å². The fourth-order valence-corrected chi connectivity index (χ4v) is 2.98. The van der Waals surface area contributed by atoms with E-state index in [9.17, 15) is 13.6 Å². The summed E-state index contributed by atoms with van der Waals surface area (Å²) in [6.07, 6.45) is 5.22. The van der Waals surface area contributed by atoms with E-state index in [4.69, 9.17) is 0 Å². The average Bonchev–Trinajstić information content (AvgIpc) is 3.14. The number of aromatic nitrogens is 3. The molecule has 1 amide bonds. The van der Waals surface area contributed by atoms with Gasteiger partial charge in [-0.05, 0) is 30.2 Å². The molecule has 2 heterocycles. The minimum atomic E-state index is -0.745. The number of nitrogens with zero attached hydrogens (tertiary/aromatic N) is 2. The number of carbonyl (C=O) groups excluding carboxylic acids is 1. The van der Waals surface area contributed by atoms with Crippen molar-refractivity contribution in [1.82, 2.24) is 20.3 Å². The number of halogens is 2. The van der Waals surface area contributed by atoms with Crippen molar-refractivity contribution in [3.05, 3.63) is 83.9 Å². The number of H-pyrrole nitrogens is 1. The lowest BCUT2D eigenvalue weighted by Gasteiger charge is -2.08. The quantitative estimate of drug-likeness (QED) is 0.463. The molecule has 146 valence electrons. The number of hydrogen-bond acceptors (Lipinski definition) is 4. The third kappa shape index (κ3) is 4.21. The van der Waals surface area contributed by atoms with Gasteiger partial charge >= 0.3 is 0 Å². The zero-order valence-electron chi connectivity index (χ0n) is 15.2. The second-order valence-corrected chi connectivity index (χ2v) is 6.40. The van der Waals surface area contributed by atoms with Gasteiger partial charge in [-0.15, -0.1) is 0 Å². The summed E-state index contributed by atoms with van der Waals surface area (Å²) < 4.78 is 26.6. The molecule has 2 aromatic heterocycles. The van der Waals surface area contributed by atoms with Crippen molar-refractivity contribution >= 4 is 28.3 Å². The third-order valence-corrected chi connectivity index (χ3v) is 4.43. The van der Waals surface area contributed by atoms with Crippen LogP contribution in [0.1, 0.15) is 16.1 Å². The monoisotopic (exact) mass is 393 g/mol. The smallest absolute Gasteiger partial charge is 0.271 e. The summed E-state index contributed by atoms with van der Waals surface area (Å²) >= 11 is 0. The van der Waals surface area contributed by atoms with Gasteiger partial charge in [0.1, 0.15) is 23.1 Å². The maximum absolute atomic E-state index is 13.7. The lowest BCUT2D eigenvalue weighted by molar-refractivity contribution is 0.0949. The van der Waals surface area contributed by atoms with Gasteiger partial charge in [0.25, 0.3) is 5.91 Å². The minimum absolute atomic E-state index is 0.0663. The van der Waals surface area contributed by atoms with Crippen LogP contribution in [0.25, 0.3) is 10.9 Å². The summed E-state index contributed by atoms with van der Waals surface area (Å²) in [4.78, 5) is 23.6. The molecule has 4 rings (SSSR count). The molecular formula is C21H17F2N5O. The van der Waals surface area contributed by atoms with E-state index in [0.29, 0.717) is 13.0 Å². The van der Waals surface area contributed by atoms with E-state index >= 15 is 0 Å². The van der Waals surface area contributed by atoms with E-state index in [1.165, 1.54) is 18.5 Å². The molecule has 0 aliphatic rings. The van der Waals surface area contributed by atoms with Gasteiger partial charge in [0, 0.05) is 29.7 Å². The largest absolute Gasteiger partial charge is 0.361 e. The molecule has 3 N–H and O–H groups in total. The molecule has 0 fully saturated rings. The molecule has 0 aliphatic carbocycles. The molecule has 0 radical (unpaired) electrons. The lowest BCUT2D eigenvalue weighted by atomic mass is 10.1. The lowest BCUT2D eigenvalue weighted by Crippen LogP contribution is -2.26. The van der Waals surface area contributed by atoms with E-state index in [0.717, 1.165) is 28.6 Å². The Hall–Kier alpha value is -3.81. The summed E-state index contributed by atoms with van der Waals surface area (Å²) in [7, 11) is 0. The zero-order valence-corrected chi connectivity index (χ0v) is 15.2.